The van der Waals surface area contributed by atoms with Gasteiger partial charge in [-0.1, -0.05) is 64.7 Å². The summed E-state index contributed by atoms with van der Waals surface area (Å²) in [6, 6.07) is 13.7. The normalized spacial score (nSPS) is 11.4. The monoisotopic (exact) mass is 430 g/mol. The SMILES string of the molecule is CCCCCCCCCCCCc1ccc(-c2ccc(-c3ccc(C)s3)s2)s1. The van der Waals surface area contributed by atoms with Crippen molar-refractivity contribution in [1.82, 2.24) is 0 Å². The number of hydrogen-bond acceptors (Lipinski definition) is 3. The van der Waals surface area contributed by atoms with Crippen molar-refractivity contribution in [3.63, 3.8) is 0 Å². The highest BCUT2D eigenvalue weighted by molar-refractivity contribution is 7.26. The second-order valence-electron chi connectivity index (χ2n) is 7.77. The van der Waals surface area contributed by atoms with Gasteiger partial charge in [-0.05, 0) is 56.2 Å². The third-order valence-corrected chi connectivity index (χ3v) is 8.89. The third-order valence-electron chi connectivity index (χ3n) is 5.27. The molecule has 0 radical (unpaired) electrons. The average Bonchev–Trinajstić information content (AvgIpc) is 3.43. The van der Waals surface area contributed by atoms with Crippen molar-refractivity contribution in [3.8, 4) is 19.5 Å². The summed E-state index contributed by atoms with van der Waals surface area (Å²) in [5.41, 5.74) is 0. The summed E-state index contributed by atoms with van der Waals surface area (Å²) < 4.78 is 0. The van der Waals surface area contributed by atoms with Gasteiger partial charge in [0.2, 0.25) is 0 Å². The molecule has 0 nitrogen and oxygen atoms in total. The highest BCUT2D eigenvalue weighted by atomic mass is 32.1. The van der Waals surface area contributed by atoms with Crippen LogP contribution in [0.1, 0.15) is 80.9 Å². The van der Waals surface area contributed by atoms with E-state index in [0.717, 1.165) is 0 Å². The van der Waals surface area contributed by atoms with E-state index in [1.165, 1.54) is 95.0 Å². The average molecular weight is 431 g/mol. The Morgan fingerprint density at radius 1 is 0.536 bits per heavy atom. The summed E-state index contributed by atoms with van der Waals surface area (Å²) in [6.07, 6.45) is 15.4. The maximum Gasteiger partial charge on any atom is 0.0449 e. The van der Waals surface area contributed by atoms with Crippen LogP contribution in [0.3, 0.4) is 0 Å². The van der Waals surface area contributed by atoms with E-state index >= 15 is 0 Å². The Hall–Kier alpha value is -0.900. The number of aryl methyl sites for hydroxylation is 2. The highest BCUT2D eigenvalue weighted by Gasteiger charge is 2.09. The highest BCUT2D eigenvalue weighted by Crippen LogP contribution is 2.40. The molecule has 0 aliphatic rings. The lowest BCUT2D eigenvalue weighted by atomic mass is 10.1. The molecule has 0 saturated heterocycles. The van der Waals surface area contributed by atoms with Crippen LogP contribution in [0, 0.1) is 6.92 Å². The Morgan fingerprint density at radius 2 is 1.04 bits per heavy atom. The number of rotatable bonds is 13. The smallest absolute Gasteiger partial charge is 0.0449 e. The molecule has 0 aliphatic carbocycles. The van der Waals surface area contributed by atoms with E-state index in [2.05, 4.69) is 50.2 Å². The van der Waals surface area contributed by atoms with E-state index in [9.17, 15) is 0 Å². The lowest BCUT2D eigenvalue weighted by Gasteiger charge is -2.02. The van der Waals surface area contributed by atoms with Crippen molar-refractivity contribution in [2.24, 2.45) is 0 Å². The second kappa shape index (κ2) is 11.9. The van der Waals surface area contributed by atoms with Gasteiger partial charge in [0.15, 0.2) is 0 Å². The zero-order valence-electron chi connectivity index (χ0n) is 17.5. The molecule has 3 heterocycles. The van der Waals surface area contributed by atoms with Gasteiger partial charge in [0.25, 0.3) is 0 Å². The predicted molar refractivity (Wildman–Crippen MR) is 131 cm³/mol. The first-order chi connectivity index (χ1) is 13.8. The van der Waals surface area contributed by atoms with Crippen LogP contribution in [0.15, 0.2) is 36.4 Å². The largest absolute Gasteiger partial charge is 0.140 e. The van der Waals surface area contributed by atoms with Crippen LogP contribution in [0.25, 0.3) is 19.5 Å². The molecule has 0 fully saturated rings. The maximum atomic E-state index is 2.35. The van der Waals surface area contributed by atoms with Crippen molar-refractivity contribution in [2.75, 3.05) is 0 Å². The summed E-state index contributed by atoms with van der Waals surface area (Å²) in [5, 5.41) is 0. The van der Waals surface area contributed by atoms with Gasteiger partial charge in [0.1, 0.15) is 0 Å². The van der Waals surface area contributed by atoms with Crippen LogP contribution in [-0.4, -0.2) is 0 Å². The fourth-order valence-corrected chi connectivity index (χ4v) is 6.70. The van der Waals surface area contributed by atoms with Gasteiger partial charge < -0.3 is 0 Å². The number of thiophene rings is 3. The van der Waals surface area contributed by atoms with E-state index in [0.29, 0.717) is 0 Å². The molecule has 3 rings (SSSR count). The van der Waals surface area contributed by atoms with E-state index in [-0.39, 0.29) is 0 Å². The Morgan fingerprint density at radius 3 is 1.64 bits per heavy atom. The Balaban J connectivity index is 1.35. The quantitative estimate of drug-likeness (QED) is 0.237. The van der Waals surface area contributed by atoms with E-state index < -0.39 is 0 Å². The van der Waals surface area contributed by atoms with Gasteiger partial charge in [0, 0.05) is 29.3 Å². The molecule has 0 amide bonds. The minimum Gasteiger partial charge on any atom is -0.140 e. The first kappa shape index (κ1) is 21.8. The van der Waals surface area contributed by atoms with Gasteiger partial charge in [-0.2, -0.15) is 0 Å². The molecule has 0 atom stereocenters. The summed E-state index contributed by atoms with van der Waals surface area (Å²) in [5.74, 6) is 0. The molecule has 0 unspecified atom stereocenters. The second-order valence-corrected chi connectivity index (χ2v) is 11.3. The van der Waals surface area contributed by atoms with Gasteiger partial charge in [0.05, 0.1) is 0 Å². The Bertz CT molecular complexity index is 805. The first-order valence-corrected chi connectivity index (χ1v) is 13.5. The molecule has 0 bridgehead atoms. The fraction of sp³-hybridized carbons (Fsp3) is 0.520. The fourth-order valence-electron chi connectivity index (χ4n) is 3.60. The van der Waals surface area contributed by atoms with Crippen molar-refractivity contribution in [2.45, 2.75) is 84.5 Å². The molecule has 0 aromatic carbocycles. The van der Waals surface area contributed by atoms with E-state index in [1.807, 2.05) is 34.0 Å². The van der Waals surface area contributed by atoms with Gasteiger partial charge in [-0.25, -0.2) is 0 Å². The van der Waals surface area contributed by atoms with Crippen LogP contribution < -0.4 is 0 Å². The van der Waals surface area contributed by atoms with Gasteiger partial charge >= 0.3 is 0 Å². The molecule has 0 aliphatic heterocycles. The first-order valence-electron chi connectivity index (χ1n) is 11.0. The molecular formula is C25H34S3. The minimum absolute atomic E-state index is 1.25. The molecule has 152 valence electrons. The van der Waals surface area contributed by atoms with Crippen molar-refractivity contribution < 1.29 is 0 Å². The molecule has 3 heteroatoms. The molecule has 28 heavy (non-hydrogen) atoms. The Labute approximate surface area is 183 Å². The van der Waals surface area contributed by atoms with Crippen LogP contribution in [0.4, 0.5) is 0 Å². The van der Waals surface area contributed by atoms with Crippen LogP contribution in [0.5, 0.6) is 0 Å². The third kappa shape index (κ3) is 6.86. The Kier molecular flexibility index (Phi) is 9.30. The standard InChI is InChI=1S/C25H34S3/c1-3-4-5-6-7-8-9-10-11-12-13-21-15-17-23(27-21)25-19-18-24(28-25)22-16-14-20(2)26-22/h14-19H,3-13H2,1-2H3. The maximum absolute atomic E-state index is 2.35. The zero-order valence-corrected chi connectivity index (χ0v) is 19.9. The molecule has 0 saturated carbocycles. The van der Waals surface area contributed by atoms with Crippen molar-refractivity contribution in [3.05, 3.63) is 46.2 Å². The molecule has 3 aromatic heterocycles. The molecule has 0 spiro atoms. The van der Waals surface area contributed by atoms with E-state index in [4.69, 9.17) is 0 Å². The molecule has 3 aromatic rings. The summed E-state index contributed by atoms with van der Waals surface area (Å²) in [4.78, 5) is 8.59. The molecular weight excluding hydrogens is 396 g/mol. The lowest BCUT2D eigenvalue weighted by molar-refractivity contribution is 0.557. The van der Waals surface area contributed by atoms with Crippen molar-refractivity contribution >= 4 is 34.0 Å². The molecule has 0 N–H and O–H groups in total. The van der Waals surface area contributed by atoms with Crippen LogP contribution in [-0.2, 0) is 6.42 Å². The summed E-state index contributed by atoms with van der Waals surface area (Å²) in [7, 11) is 0. The minimum atomic E-state index is 1.25. The topological polar surface area (TPSA) is 0 Å². The van der Waals surface area contributed by atoms with Crippen molar-refractivity contribution in [1.29, 1.82) is 0 Å². The zero-order chi connectivity index (χ0) is 19.6. The van der Waals surface area contributed by atoms with Gasteiger partial charge in [-0.3, -0.25) is 0 Å². The number of unbranched alkanes of at least 4 members (excludes halogenated alkanes) is 9. The van der Waals surface area contributed by atoms with Crippen LogP contribution >= 0.6 is 34.0 Å². The van der Waals surface area contributed by atoms with Crippen LogP contribution in [0.2, 0.25) is 0 Å². The summed E-state index contributed by atoms with van der Waals surface area (Å²) in [6.45, 7) is 4.47. The number of hydrogen-bond donors (Lipinski definition) is 0. The lowest BCUT2D eigenvalue weighted by Crippen LogP contribution is -1.84. The van der Waals surface area contributed by atoms with E-state index in [1.54, 1.807) is 4.88 Å². The predicted octanol–water partition coefficient (Wildman–Crippen LogP) is 9.98. The summed E-state index contributed by atoms with van der Waals surface area (Å²) >= 11 is 5.82. The van der Waals surface area contributed by atoms with Gasteiger partial charge in [-0.15, -0.1) is 34.0 Å².